The molecule has 0 bridgehead atoms. The molecular weight excluding hydrogens is 227 g/mol. The third-order valence-electron chi connectivity index (χ3n) is 1.66. The van der Waals surface area contributed by atoms with Gasteiger partial charge >= 0.3 is 6.18 Å². The van der Waals surface area contributed by atoms with Crippen molar-refractivity contribution in [2.45, 2.75) is 19.2 Å². The summed E-state index contributed by atoms with van der Waals surface area (Å²) in [7, 11) is 1.30. The van der Waals surface area contributed by atoms with E-state index in [1.807, 2.05) is 0 Å². The molecule has 1 aromatic rings. The molecule has 0 aromatic carbocycles. The van der Waals surface area contributed by atoms with Crippen LogP contribution in [0.4, 0.5) is 19.1 Å². The molecule has 0 fully saturated rings. The van der Waals surface area contributed by atoms with E-state index in [1.54, 1.807) is 0 Å². The van der Waals surface area contributed by atoms with E-state index < -0.39 is 12.3 Å². The first-order valence-electron chi connectivity index (χ1n) is 4.25. The molecule has 16 heavy (non-hydrogen) atoms. The van der Waals surface area contributed by atoms with Crippen LogP contribution in [0, 0.1) is 0 Å². The van der Waals surface area contributed by atoms with Gasteiger partial charge in [0.05, 0.1) is 13.2 Å². The number of hydrogen-bond donors (Lipinski definition) is 1. The number of rotatable bonds is 3. The third kappa shape index (κ3) is 3.14. The molecule has 5 nitrogen and oxygen atoms in total. The quantitative estimate of drug-likeness (QED) is 0.860. The maximum Gasteiger partial charge on any atom is 0.425 e. The van der Waals surface area contributed by atoms with Crippen molar-refractivity contribution in [3.8, 4) is 11.8 Å². The highest BCUT2D eigenvalue weighted by Crippen LogP contribution is 2.25. The lowest BCUT2D eigenvalue weighted by Gasteiger charge is -2.17. The number of methoxy groups -OCH3 is 1. The Hall–Kier alpha value is -1.73. The molecule has 0 radical (unpaired) electrons. The topological polar surface area (TPSA) is 70.3 Å². The lowest BCUT2D eigenvalue weighted by atomic mass is 10.4. The maximum atomic E-state index is 12.2. The van der Waals surface area contributed by atoms with Gasteiger partial charge in [-0.15, -0.1) is 0 Å². The SMILES string of the molecule is COc1cc(OC(C)C(F)(F)F)nc(N)n1. The number of aromatic nitrogens is 2. The summed E-state index contributed by atoms with van der Waals surface area (Å²) in [6, 6.07) is 1.12. The van der Waals surface area contributed by atoms with Crippen molar-refractivity contribution in [2.75, 3.05) is 12.8 Å². The average molecular weight is 237 g/mol. The molecule has 90 valence electrons. The molecule has 1 heterocycles. The van der Waals surface area contributed by atoms with Crippen LogP contribution in [0.5, 0.6) is 11.8 Å². The molecule has 1 unspecified atom stereocenters. The van der Waals surface area contributed by atoms with E-state index >= 15 is 0 Å². The van der Waals surface area contributed by atoms with Gasteiger partial charge in [-0.2, -0.15) is 23.1 Å². The molecule has 8 heteroatoms. The van der Waals surface area contributed by atoms with Gasteiger partial charge < -0.3 is 15.2 Å². The van der Waals surface area contributed by atoms with Crippen molar-refractivity contribution >= 4 is 5.95 Å². The van der Waals surface area contributed by atoms with Crippen LogP contribution < -0.4 is 15.2 Å². The molecule has 0 amide bonds. The van der Waals surface area contributed by atoms with E-state index in [-0.39, 0.29) is 17.7 Å². The Balaban J connectivity index is 2.85. The van der Waals surface area contributed by atoms with Crippen LogP contribution in [0.25, 0.3) is 0 Å². The first-order chi connectivity index (χ1) is 7.32. The normalized spacial score (nSPS) is 13.3. The second-order valence-corrected chi connectivity index (χ2v) is 2.91. The van der Waals surface area contributed by atoms with Gasteiger partial charge in [-0.1, -0.05) is 0 Å². The van der Waals surface area contributed by atoms with Crippen LogP contribution in [0.15, 0.2) is 6.07 Å². The number of alkyl halides is 3. The number of nitrogens with zero attached hydrogens (tertiary/aromatic N) is 2. The minimum absolute atomic E-state index is 0.0388. The van der Waals surface area contributed by atoms with Crippen molar-refractivity contribution in [1.82, 2.24) is 9.97 Å². The fourth-order valence-electron chi connectivity index (χ4n) is 0.834. The van der Waals surface area contributed by atoms with Crippen LogP contribution >= 0.6 is 0 Å². The standard InChI is InChI=1S/C8H10F3N3O2/c1-4(8(9,10)11)16-6-3-5(15-2)13-7(12)14-6/h3-4H,1-2H3,(H2,12,13,14). The van der Waals surface area contributed by atoms with Crippen LogP contribution in [0.1, 0.15) is 6.92 Å². The van der Waals surface area contributed by atoms with Crippen molar-refractivity contribution in [2.24, 2.45) is 0 Å². The van der Waals surface area contributed by atoms with E-state index in [9.17, 15) is 13.2 Å². The summed E-state index contributed by atoms with van der Waals surface area (Å²) in [5.41, 5.74) is 5.26. The highest BCUT2D eigenvalue weighted by atomic mass is 19.4. The monoisotopic (exact) mass is 237 g/mol. The van der Waals surface area contributed by atoms with Gasteiger partial charge in [0.2, 0.25) is 17.7 Å². The third-order valence-corrected chi connectivity index (χ3v) is 1.66. The highest BCUT2D eigenvalue weighted by Gasteiger charge is 2.38. The zero-order valence-corrected chi connectivity index (χ0v) is 8.58. The Kier molecular flexibility index (Phi) is 3.41. The number of nitrogens with two attached hydrogens (primary N) is 1. The van der Waals surface area contributed by atoms with E-state index in [2.05, 4.69) is 14.7 Å². The Morgan fingerprint density at radius 2 is 1.88 bits per heavy atom. The Morgan fingerprint density at radius 1 is 1.31 bits per heavy atom. The molecule has 0 aliphatic carbocycles. The molecular formula is C8H10F3N3O2. The molecule has 0 aliphatic heterocycles. The number of nitrogen functional groups attached to an aromatic ring is 1. The second-order valence-electron chi connectivity index (χ2n) is 2.91. The number of anilines is 1. The van der Waals surface area contributed by atoms with Crippen molar-refractivity contribution in [1.29, 1.82) is 0 Å². The molecule has 1 rings (SSSR count). The van der Waals surface area contributed by atoms with Gasteiger partial charge in [-0.3, -0.25) is 0 Å². The van der Waals surface area contributed by atoms with Crippen molar-refractivity contribution in [3.63, 3.8) is 0 Å². The summed E-state index contributed by atoms with van der Waals surface area (Å²) < 4.78 is 45.8. The number of halogens is 3. The predicted octanol–water partition coefficient (Wildman–Crippen LogP) is 1.40. The number of ether oxygens (including phenoxy) is 2. The van der Waals surface area contributed by atoms with Gasteiger partial charge in [-0.25, -0.2) is 0 Å². The molecule has 1 atom stereocenters. The van der Waals surface area contributed by atoms with Gasteiger partial charge in [0.25, 0.3) is 0 Å². The zero-order chi connectivity index (χ0) is 12.3. The first kappa shape index (κ1) is 12.3. The van der Waals surface area contributed by atoms with Crippen molar-refractivity contribution < 1.29 is 22.6 Å². The van der Waals surface area contributed by atoms with Gasteiger partial charge in [0, 0.05) is 0 Å². The first-order valence-corrected chi connectivity index (χ1v) is 4.25. The molecule has 0 saturated carbocycles. The largest absolute Gasteiger partial charge is 0.481 e. The number of hydrogen-bond acceptors (Lipinski definition) is 5. The molecule has 0 aliphatic rings. The van der Waals surface area contributed by atoms with Crippen LogP contribution in [-0.4, -0.2) is 29.4 Å². The summed E-state index contributed by atoms with van der Waals surface area (Å²) in [5.74, 6) is -0.463. The van der Waals surface area contributed by atoms with Crippen molar-refractivity contribution in [3.05, 3.63) is 6.07 Å². The smallest absolute Gasteiger partial charge is 0.425 e. The van der Waals surface area contributed by atoms with Crippen LogP contribution in [-0.2, 0) is 0 Å². The summed E-state index contributed by atoms with van der Waals surface area (Å²) in [6.07, 6.45) is -6.45. The fraction of sp³-hybridized carbons (Fsp3) is 0.500. The lowest BCUT2D eigenvalue weighted by Crippen LogP contribution is -2.31. The average Bonchev–Trinajstić information content (AvgIpc) is 2.15. The van der Waals surface area contributed by atoms with Gasteiger partial charge in [0.1, 0.15) is 0 Å². The maximum absolute atomic E-state index is 12.2. The van der Waals surface area contributed by atoms with E-state index in [0.29, 0.717) is 0 Å². The predicted molar refractivity (Wildman–Crippen MR) is 49.1 cm³/mol. The van der Waals surface area contributed by atoms with E-state index in [0.717, 1.165) is 13.0 Å². The Labute approximate surface area is 89.4 Å². The summed E-state index contributed by atoms with van der Waals surface area (Å²) in [6.45, 7) is 0.866. The van der Waals surface area contributed by atoms with E-state index in [1.165, 1.54) is 7.11 Å². The molecule has 0 spiro atoms. The minimum Gasteiger partial charge on any atom is -0.481 e. The Bertz CT molecular complexity index is 370. The van der Waals surface area contributed by atoms with Crippen LogP contribution in [0.3, 0.4) is 0 Å². The summed E-state index contributed by atoms with van der Waals surface area (Å²) >= 11 is 0. The van der Waals surface area contributed by atoms with Crippen LogP contribution in [0.2, 0.25) is 0 Å². The lowest BCUT2D eigenvalue weighted by molar-refractivity contribution is -0.190. The van der Waals surface area contributed by atoms with Gasteiger partial charge in [-0.05, 0) is 6.92 Å². The highest BCUT2D eigenvalue weighted by molar-refractivity contribution is 5.29. The second kappa shape index (κ2) is 4.42. The minimum atomic E-state index is -4.47. The molecule has 1 aromatic heterocycles. The van der Waals surface area contributed by atoms with E-state index in [4.69, 9.17) is 10.5 Å². The zero-order valence-electron chi connectivity index (χ0n) is 8.58. The summed E-state index contributed by atoms with van der Waals surface area (Å²) in [5, 5.41) is 0. The summed E-state index contributed by atoms with van der Waals surface area (Å²) in [4.78, 5) is 7.10. The Morgan fingerprint density at radius 3 is 2.38 bits per heavy atom. The fourth-order valence-corrected chi connectivity index (χ4v) is 0.834. The van der Waals surface area contributed by atoms with Gasteiger partial charge in [0.15, 0.2) is 6.10 Å². The molecule has 0 saturated heterocycles. The molecule has 2 N–H and O–H groups in total.